The molecule has 2 aromatic heterocycles. The first-order chi connectivity index (χ1) is 19.2. The summed E-state index contributed by atoms with van der Waals surface area (Å²) in [5.74, 6) is 1.53. The molecule has 3 heterocycles. The van der Waals surface area contributed by atoms with Gasteiger partial charge in [-0.1, -0.05) is 72.4 Å². The van der Waals surface area contributed by atoms with Gasteiger partial charge in [-0.2, -0.15) is 5.10 Å². The van der Waals surface area contributed by atoms with Gasteiger partial charge in [-0.3, -0.25) is 4.79 Å². The van der Waals surface area contributed by atoms with Crippen LogP contribution in [0.2, 0.25) is 0 Å². The zero-order valence-electron chi connectivity index (χ0n) is 21.3. The number of thioether (sulfide) groups is 1. The van der Waals surface area contributed by atoms with Crippen molar-refractivity contribution in [3.63, 3.8) is 0 Å². The molecular formula is C31H26N4O3S. The van der Waals surface area contributed by atoms with Gasteiger partial charge in [-0.25, -0.2) is 9.99 Å². The third-order valence-electron chi connectivity index (χ3n) is 6.58. The number of imidazole rings is 1. The molecule has 0 aliphatic carbocycles. The molecule has 1 unspecified atom stereocenters. The quantitative estimate of drug-likeness (QED) is 0.221. The molecule has 3 aromatic carbocycles. The molecule has 0 saturated heterocycles. The Morgan fingerprint density at radius 3 is 2.33 bits per heavy atom. The van der Waals surface area contributed by atoms with Crippen molar-refractivity contribution in [2.45, 2.75) is 17.6 Å². The Bertz CT molecular complexity index is 1520. The van der Waals surface area contributed by atoms with Gasteiger partial charge >= 0.3 is 0 Å². The lowest BCUT2D eigenvalue weighted by molar-refractivity contribution is -0.130. The minimum atomic E-state index is -0.304. The number of carbonyl (C=O) groups is 1. The summed E-state index contributed by atoms with van der Waals surface area (Å²) in [5, 5.41) is 6.96. The second kappa shape index (κ2) is 11.0. The molecule has 0 saturated carbocycles. The number of rotatable bonds is 8. The van der Waals surface area contributed by atoms with Crippen molar-refractivity contribution >= 4 is 23.4 Å². The van der Waals surface area contributed by atoms with Crippen LogP contribution >= 0.6 is 11.8 Å². The lowest BCUT2D eigenvalue weighted by Gasteiger charge is -2.19. The van der Waals surface area contributed by atoms with Crippen LogP contribution in [0.5, 0.6) is 5.75 Å². The summed E-state index contributed by atoms with van der Waals surface area (Å²) in [5.41, 5.74) is 5.59. The van der Waals surface area contributed by atoms with E-state index < -0.39 is 0 Å². The third kappa shape index (κ3) is 5.24. The molecule has 1 aliphatic heterocycles. The normalized spacial score (nSPS) is 14.8. The number of ether oxygens (including phenoxy) is 1. The van der Waals surface area contributed by atoms with Crippen LogP contribution in [-0.2, 0) is 4.79 Å². The molecule has 39 heavy (non-hydrogen) atoms. The number of nitrogens with zero attached hydrogens (tertiary/aromatic N) is 3. The predicted octanol–water partition coefficient (Wildman–Crippen LogP) is 6.82. The second-order valence-electron chi connectivity index (χ2n) is 9.04. The zero-order chi connectivity index (χ0) is 26.6. The number of carbonyl (C=O) groups excluding carboxylic acids is 1. The van der Waals surface area contributed by atoms with Crippen molar-refractivity contribution < 1.29 is 13.9 Å². The van der Waals surface area contributed by atoms with Crippen molar-refractivity contribution in [3.8, 4) is 28.3 Å². The van der Waals surface area contributed by atoms with E-state index in [1.54, 1.807) is 18.4 Å². The van der Waals surface area contributed by atoms with Crippen LogP contribution in [0.1, 0.15) is 23.8 Å². The highest BCUT2D eigenvalue weighted by atomic mass is 32.2. The highest BCUT2D eigenvalue weighted by molar-refractivity contribution is 7.99. The third-order valence-corrected chi connectivity index (χ3v) is 7.44. The number of benzene rings is 3. The van der Waals surface area contributed by atoms with E-state index in [1.807, 2.05) is 97.1 Å². The molecule has 8 heteroatoms. The fourth-order valence-corrected chi connectivity index (χ4v) is 5.36. The molecular weight excluding hydrogens is 508 g/mol. The van der Waals surface area contributed by atoms with Crippen LogP contribution in [0.4, 0.5) is 0 Å². The first kappa shape index (κ1) is 24.8. The SMILES string of the molecule is COc1ccc(C2=NN(C(=O)CSc3nc(-c4ccccc4)c(-c4ccccc4)[nH]3)C(c3ccco3)C2)cc1. The summed E-state index contributed by atoms with van der Waals surface area (Å²) in [6.45, 7) is 0. The standard InChI is InChI=1S/C31H26N4O3S/c1-37-24-16-14-21(15-17-24)25-19-26(27-13-8-18-38-27)35(34-25)28(36)20-39-31-32-29(22-9-4-2-5-10-22)30(33-31)23-11-6-3-7-12-23/h2-18,26H,19-20H2,1H3,(H,32,33). The zero-order valence-corrected chi connectivity index (χ0v) is 22.1. The number of nitrogens with one attached hydrogen (secondary N) is 1. The van der Waals surface area contributed by atoms with Crippen molar-refractivity contribution in [2.24, 2.45) is 5.10 Å². The highest BCUT2D eigenvalue weighted by Crippen LogP contribution is 2.36. The maximum absolute atomic E-state index is 13.5. The van der Waals surface area contributed by atoms with Gasteiger partial charge < -0.3 is 14.1 Å². The smallest absolute Gasteiger partial charge is 0.253 e. The predicted molar refractivity (Wildman–Crippen MR) is 153 cm³/mol. The largest absolute Gasteiger partial charge is 0.497 e. The summed E-state index contributed by atoms with van der Waals surface area (Å²) < 4.78 is 11.0. The molecule has 194 valence electrons. The van der Waals surface area contributed by atoms with E-state index in [9.17, 15) is 4.79 Å². The van der Waals surface area contributed by atoms with Gasteiger partial charge in [0.25, 0.3) is 5.91 Å². The molecule has 6 rings (SSSR count). The van der Waals surface area contributed by atoms with Crippen LogP contribution < -0.4 is 4.74 Å². The Morgan fingerprint density at radius 1 is 0.949 bits per heavy atom. The topological polar surface area (TPSA) is 83.7 Å². The highest BCUT2D eigenvalue weighted by Gasteiger charge is 2.35. The maximum Gasteiger partial charge on any atom is 0.253 e. The van der Waals surface area contributed by atoms with E-state index in [2.05, 4.69) is 4.98 Å². The molecule has 0 radical (unpaired) electrons. The fourth-order valence-electron chi connectivity index (χ4n) is 4.64. The van der Waals surface area contributed by atoms with Crippen LogP contribution in [0.15, 0.2) is 118 Å². The number of H-pyrrole nitrogens is 1. The van der Waals surface area contributed by atoms with Gasteiger partial charge in [0.05, 0.1) is 36.2 Å². The monoisotopic (exact) mass is 534 g/mol. The number of furan rings is 1. The van der Waals surface area contributed by atoms with E-state index in [0.29, 0.717) is 17.3 Å². The van der Waals surface area contributed by atoms with Crippen LogP contribution in [0, 0.1) is 0 Å². The number of hydrazone groups is 1. The summed E-state index contributed by atoms with van der Waals surface area (Å²) in [6, 6.07) is 31.3. The molecule has 1 amide bonds. The lowest BCUT2D eigenvalue weighted by Crippen LogP contribution is -2.28. The molecule has 1 atom stereocenters. The summed E-state index contributed by atoms with van der Waals surface area (Å²) in [7, 11) is 1.64. The summed E-state index contributed by atoms with van der Waals surface area (Å²) >= 11 is 1.37. The molecule has 1 N–H and O–H groups in total. The van der Waals surface area contributed by atoms with Crippen LogP contribution in [-0.4, -0.2) is 39.5 Å². The molecule has 5 aromatic rings. The number of aromatic nitrogens is 2. The van der Waals surface area contributed by atoms with Gasteiger partial charge in [-0.15, -0.1) is 0 Å². The van der Waals surface area contributed by atoms with E-state index in [0.717, 1.165) is 39.5 Å². The van der Waals surface area contributed by atoms with E-state index in [-0.39, 0.29) is 17.7 Å². The van der Waals surface area contributed by atoms with Gasteiger partial charge in [-0.05, 0) is 42.0 Å². The number of hydrogen-bond acceptors (Lipinski definition) is 6. The number of hydrogen-bond donors (Lipinski definition) is 1. The molecule has 0 bridgehead atoms. The minimum absolute atomic E-state index is 0.121. The molecule has 7 nitrogen and oxygen atoms in total. The van der Waals surface area contributed by atoms with E-state index in [1.165, 1.54) is 11.8 Å². The van der Waals surface area contributed by atoms with E-state index >= 15 is 0 Å². The fraction of sp³-hybridized carbons (Fsp3) is 0.129. The minimum Gasteiger partial charge on any atom is -0.497 e. The van der Waals surface area contributed by atoms with Crippen molar-refractivity contribution in [1.82, 2.24) is 15.0 Å². The number of aromatic amines is 1. The van der Waals surface area contributed by atoms with Crippen molar-refractivity contribution in [2.75, 3.05) is 12.9 Å². The van der Waals surface area contributed by atoms with Crippen molar-refractivity contribution in [1.29, 1.82) is 0 Å². The Balaban J connectivity index is 1.25. The first-order valence-corrected chi connectivity index (χ1v) is 13.6. The second-order valence-corrected chi connectivity index (χ2v) is 10.00. The van der Waals surface area contributed by atoms with Gasteiger partial charge in [0.15, 0.2) is 5.16 Å². The average molecular weight is 535 g/mol. The number of methoxy groups -OCH3 is 1. The molecule has 0 spiro atoms. The number of amides is 1. The Kier molecular flexibility index (Phi) is 7.01. The Morgan fingerprint density at radius 2 is 1.67 bits per heavy atom. The summed E-state index contributed by atoms with van der Waals surface area (Å²) in [4.78, 5) is 21.8. The Hall–Kier alpha value is -4.56. The average Bonchev–Trinajstić information content (AvgIpc) is 3.77. The maximum atomic E-state index is 13.5. The molecule has 1 aliphatic rings. The van der Waals surface area contributed by atoms with Gasteiger partial charge in [0.2, 0.25) is 0 Å². The summed E-state index contributed by atoms with van der Waals surface area (Å²) in [6.07, 6.45) is 2.19. The van der Waals surface area contributed by atoms with Crippen LogP contribution in [0.25, 0.3) is 22.5 Å². The van der Waals surface area contributed by atoms with E-state index in [4.69, 9.17) is 19.2 Å². The van der Waals surface area contributed by atoms with Crippen molar-refractivity contribution in [3.05, 3.63) is 115 Å². The first-order valence-electron chi connectivity index (χ1n) is 12.6. The Labute approximate surface area is 230 Å². The van der Waals surface area contributed by atoms with Gasteiger partial charge in [0.1, 0.15) is 17.6 Å². The van der Waals surface area contributed by atoms with Gasteiger partial charge in [0, 0.05) is 17.5 Å². The lowest BCUT2D eigenvalue weighted by atomic mass is 10.0. The molecule has 0 fully saturated rings. The van der Waals surface area contributed by atoms with Crippen LogP contribution in [0.3, 0.4) is 0 Å².